The van der Waals surface area contributed by atoms with Crippen LogP contribution in [0.1, 0.15) is 30.2 Å². The number of piperidine rings is 1. The Hall–Kier alpha value is -3.16. The average Bonchev–Trinajstić information content (AvgIpc) is 3.21. The number of carbonyl (C=O) groups is 1. The fourth-order valence-corrected chi connectivity index (χ4v) is 5.10. The molecule has 0 radical (unpaired) electrons. The number of aliphatic hydroxyl groups excluding tert-OH is 1. The Labute approximate surface area is 195 Å². The molecule has 4 aromatic rings. The molecule has 1 fully saturated rings. The number of benzene rings is 2. The first-order valence-corrected chi connectivity index (χ1v) is 11.4. The molecule has 0 saturated carbocycles. The van der Waals surface area contributed by atoms with E-state index in [0.717, 1.165) is 18.4 Å². The second-order valence-corrected chi connectivity index (χ2v) is 8.96. The molecule has 7 nitrogen and oxygen atoms in total. The van der Waals surface area contributed by atoms with Crippen molar-refractivity contribution in [1.29, 1.82) is 0 Å². The van der Waals surface area contributed by atoms with Gasteiger partial charge in [0.1, 0.15) is 22.8 Å². The Kier molecular flexibility index (Phi) is 5.68. The number of hydrogen-bond acceptors (Lipinski definition) is 5. The van der Waals surface area contributed by atoms with Crippen LogP contribution in [0.15, 0.2) is 57.8 Å². The Bertz CT molecular complexity index is 1400. The lowest BCUT2D eigenvalue weighted by Gasteiger charge is -2.35. The lowest BCUT2D eigenvalue weighted by Crippen LogP contribution is -2.47. The highest BCUT2D eigenvalue weighted by molar-refractivity contribution is 6.37. The fourth-order valence-electron chi connectivity index (χ4n) is 4.84. The minimum Gasteiger partial charge on any atom is -0.383 e. The molecular weight excluding hydrogens is 442 g/mol. The van der Waals surface area contributed by atoms with E-state index < -0.39 is 6.10 Å². The number of fused-ring (bicyclic) bond motifs is 3. The third-order valence-corrected chi connectivity index (χ3v) is 6.73. The molecule has 1 amide bonds. The van der Waals surface area contributed by atoms with Crippen molar-refractivity contribution in [2.24, 2.45) is 0 Å². The van der Waals surface area contributed by atoms with Gasteiger partial charge < -0.3 is 19.1 Å². The van der Waals surface area contributed by atoms with Gasteiger partial charge in [0.2, 0.25) is 0 Å². The van der Waals surface area contributed by atoms with E-state index in [1.807, 2.05) is 36.4 Å². The first kappa shape index (κ1) is 21.7. The number of carbonyl (C=O) groups excluding carboxylic acids is 1. The Morgan fingerprint density at radius 1 is 1.21 bits per heavy atom. The van der Waals surface area contributed by atoms with Gasteiger partial charge in [-0.1, -0.05) is 53.2 Å². The molecule has 2 aromatic carbocycles. The van der Waals surface area contributed by atoms with Crippen molar-refractivity contribution in [2.75, 3.05) is 13.1 Å². The smallest absolute Gasteiger partial charge is 0.264 e. The van der Waals surface area contributed by atoms with E-state index >= 15 is 0 Å². The van der Waals surface area contributed by atoms with Crippen molar-refractivity contribution in [3.63, 3.8) is 0 Å². The van der Waals surface area contributed by atoms with Crippen LogP contribution >= 0.6 is 11.6 Å². The van der Waals surface area contributed by atoms with Gasteiger partial charge in [-0.25, -0.2) is 0 Å². The van der Waals surface area contributed by atoms with Crippen LogP contribution in [0.2, 0.25) is 5.02 Å². The second kappa shape index (κ2) is 8.65. The van der Waals surface area contributed by atoms with E-state index in [1.54, 1.807) is 28.5 Å². The molecule has 3 heterocycles. The summed E-state index contributed by atoms with van der Waals surface area (Å²) in [6.07, 6.45) is 0.585. The van der Waals surface area contributed by atoms with E-state index in [1.165, 1.54) is 0 Å². The zero-order valence-electron chi connectivity index (χ0n) is 18.2. The molecule has 0 aliphatic carbocycles. The molecule has 170 valence electrons. The maximum atomic E-state index is 13.6. The largest absolute Gasteiger partial charge is 0.383 e. The first-order valence-electron chi connectivity index (χ1n) is 11.0. The third-order valence-electron chi connectivity index (χ3n) is 6.41. The molecule has 5 rings (SSSR count). The van der Waals surface area contributed by atoms with Crippen LogP contribution in [0.25, 0.3) is 21.8 Å². The van der Waals surface area contributed by atoms with Crippen molar-refractivity contribution < 1.29 is 14.4 Å². The van der Waals surface area contributed by atoms with Crippen LogP contribution < -0.4 is 5.56 Å². The molecule has 2 unspecified atom stereocenters. The normalized spacial score (nSPS) is 17.5. The van der Waals surface area contributed by atoms with E-state index in [9.17, 15) is 14.7 Å². The predicted molar refractivity (Wildman–Crippen MR) is 127 cm³/mol. The SMILES string of the molecule is Cc1onc2c1c(=O)n(C1CCCN(C(=O)C(O)Cc3ccccc3)C1)c1cccc(Cl)c21. The second-order valence-electron chi connectivity index (χ2n) is 8.56. The minimum absolute atomic E-state index is 0.206. The summed E-state index contributed by atoms with van der Waals surface area (Å²) >= 11 is 6.51. The molecule has 33 heavy (non-hydrogen) atoms. The van der Waals surface area contributed by atoms with E-state index in [0.29, 0.717) is 45.7 Å². The third kappa shape index (κ3) is 3.81. The average molecular weight is 466 g/mol. The number of aliphatic hydroxyl groups is 1. The highest BCUT2D eigenvalue weighted by Crippen LogP contribution is 2.33. The molecule has 1 saturated heterocycles. The van der Waals surface area contributed by atoms with Crippen LogP contribution in [0.5, 0.6) is 0 Å². The number of likely N-dealkylation sites (tertiary alicyclic amines) is 1. The topological polar surface area (TPSA) is 88.6 Å². The van der Waals surface area contributed by atoms with Gasteiger partial charge in [-0.15, -0.1) is 0 Å². The zero-order valence-corrected chi connectivity index (χ0v) is 19.0. The molecule has 0 spiro atoms. The quantitative estimate of drug-likeness (QED) is 0.494. The number of hydrogen-bond donors (Lipinski definition) is 1. The van der Waals surface area contributed by atoms with Gasteiger partial charge in [0, 0.05) is 24.9 Å². The summed E-state index contributed by atoms with van der Waals surface area (Å²) in [6, 6.07) is 14.6. The number of halogens is 1. The molecule has 1 aliphatic heterocycles. The summed E-state index contributed by atoms with van der Waals surface area (Å²) in [5, 5.41) is 16.2. The van der Waals surface area contributed by atoms with Crippen LogP contribution in [0.3, 0.4) is 0 Å². The molecule has 0 bridgehead atoms. The molecular formula is C25H24ClN3O4. The highest BCUT2D eigenvalue weighted by Gasteiger charge is 2.31. The van der Waals surface area contributed by atoms with Crippen LogP contribution in [-0.2, 0) is 11.2 Å². The summed E-state index contributed by atoms with van der Waals surface area (Å²) in [6.45, 7) is 2.59. The van der Waals surface area contributed by atoms with Crippen LogP contribution in [-0.4, -0.2) is 44.8 Å². The lowest BCUT2D eigenvalue weighted by atomic mass is 10.0. The van der Waals surface area contributed by atoms with Gasteiger partial charge in [-0.3, -0.25) is 9.59 Å². The lowest BCUT2D eigenvalue weighted by molar-refractivity contribution is -0.141. The monoisotopic (exact) mass is 465 g/mol. The molecule has 1 N–H and O–H groups in total. The van der Waals surface area contributed by atoms with Crippen molar-refractivity contribution in [2.45, 2.75) is 38.3 Å². The zero-order chi connectivity index (χ0) is 23.1. The van der Waals surface area contributed by atoms with Crippen molar-refractivity contribution in [3.8, 4) is 0 Å². The molecule has 2 atom stereocenters. The first-order chi connectivity index (χ1) is 16.0. The molecule has 8 heteroatoms. The van der Waals surface area contributed by atoms with Crippen molar-refractivity contribution in [1.82, 2.24) is 14.6 Å². The number of aromatic nitrogens is 2. The fraction of sp³-hybridized carbons (Fsp3) is 0.320. The van der Waals surface area contributed by atoms with Gasteiger partial charge >= 0.3 is 0 Å². The number of nitrogens with zero attached hydrogens (tertiary/aromatic N) is 3. The van der Waals surface area contributed by atoms with Gasteiger partial charge in [-0.05, 0) is 37.5 Å². The predicted octanol–water partition coefficient (Wildman–Crippen LogP) is 3.87. The van der Waals surface area contributed by atoms with Crippen molar-refractivity contribution in [3.05, 3.63) is 75.2 Å². The summed E-state index contributed by atoms with van der Waals surface area (Å²) in [4.78, 5) is 28.3. The summed E-state index contributed by atoms with van der Waals surface area (Å²) < 4.78 is 7.05. The summed E-state index contributed by atoms with van der Waals surface area (Å²) in [5.74, 6) is 0.119. The van der Waals surface area contributed by atoms with E-state index in [-0.39, 0.29) is 23.9 Å². The number of aryl methyl sites for hydroxylation is 1. The number of rotatable bonds is 4. The van der Waals surface area contributed by atoms with E-state index in [2.05, 4.69) is 5.16 Å². The standard InChI is InChI=1S/C25H24ClN3O4/c1-15-21-23(27-33-15)22-18(26)10-5-11-19(22)29(25(21)32)17-9-6-12-28(14-17)24(31)20(30)13-16-7-3-2-4-8-16/h2-5,7-8,10-11,17,20,30H,6,9,12-14H2,1H3. The summed E-state index contributed by atoms with van der Waals surface area (Å²) in [5.41, 5.74) is 1.81. The van der Waals surface area contributed by atoms with Gasteiger partial charge in [0.25, 0.3) is 11.5 Å². The Balaban J connectivity index is 1.51. The van der Waals surface area contributed by atoms with Crippen LogP contribution in [0.4, 0.5) is 0 Å². The van der Waals surface area contributed by atoms with Gasteiger partial charge in [0.15, 0.2) is 0 Å². The Morgan fingerprint density at radius 3 is 2.79 bits per heavy atom. The van der Waals surface area contributed by atoms with Crippen molar-refractivity contribution >= 4 is 39.3 Å². The summed E-state index contributed by atoms with van der Waals surface area (Å²) in [7, 11) is 0. The molecule has 2 aromatic heterocycles. The van der Waals surface area contributed by atoms with E-state index in [4.69, 9.17) is 16.1 Å². The maximum absolute atomic E-state index is 13.6. The highest BCUT2D eigenvalue weighted by atomic mass is 35.5. The molecule has 1 aliphatic rings. The van der Waals surface area contributed by atoms with Crippen LogP contribution in [0, 0.1) is 6.92 Å². The van der Waals surface area contributed by atoms with Gasteiger partial charge in [-0.2, -0.15) is 0 Å². The maximum Gasteiger partial charge on any atom is 0.264 e. The van der Waals surface area contributed by atoms with Gasteiger partial charge in [0.05, 0.1) is 16.6 Å². The minimum atomic E-state index is -1.13. The number of pyridine rings is 1. The number of amides is 1. The Morgan fingerprint density at radius 2 is 2.00 bits per heavy atom.